The minimum atomic E-state index is -3.35. The fourth-order valence-electron chi connectivity index (χ4n) is 2.60. The number of likely N-dealkylation sites (N-methyl/N-ethyl adjacent to an activating group) is 1. The number of allylic oxidation sites excluding steroid dienone is 3. The highest BCUT2D eigenvalue weighted by Crippen LogP contribution is 2.36. The molecule has 1 aromatic heterocycles. The monoisotopic (exact) mass is 327 g/mol. The van der Waals surface area contributed by atoms with Crippen LogP contribution >= 0.6 is 11.6 Å². The van der Waals surface area contributed by atoms with Crippen LogP contribution in [0.3, 0.4) is 0 Å². The van der Waals surface area contributed by atoms with E-state index in [1.807, 2.05) is 24.9 Å². The Morgan fingerprint density at radius 1 is 1.29 bits per heavy atom. The average Bonchev–Trinajstić information content (AvgIpc) is 2.61. The smallest absolute Gasteiger partial charge is 0.192 e. The van der Waals surface area contributed by atoms with Gasteiger partial charge in [-0.3, -0.25) is 4.68 Å². The van der Waals surface area contributed by atoms with Crippen molar-refractivity contribution in [2.24, 2.45) is 7.05 Å². The summed E-state index contributed by atoms with van der Waals surface area (Å²) in [6, 6.07) is 0. The molecule has 0 amide bonds. The number of rotatable bonds is 2. The van der Waals surface area contributed by atoms with E-state index < -0.39 is 9.84 Å². The van der Waals surface area contributed by atoms with Crippen LogP contribution < -0.4 is 0 Å². The van der Waals surface area contributed by atoms with Crippen LogP contribution in [0.4, 0.5) is 0 Å². The summed E-state index contributed by atoms with van der Waals surface area (Å²) < 4.78 is 25.2. The van der Waals surface area contributed by atoms with E-state index in [-0.39, 0.29) is 5.03 Å². The first-order chi connectivity index (χ1) is 9.55. The molecule has 0 aromatic carbocycles. The molecular weight excluding hydrogens is 310 g/mol. The molecule has 2 rings (SSSR count). The van der Waals surface area contributed by atoms with E-state index in [4.69, 9.17) is 11.6 Å². The Kier molecular flexibility index (Phi) is 3.80. The summed E-state index contributed by atoms with van der Waals surface area (Å²) in [6.07, 6.45) is 3.00. The zero-order chi connectivity index (χ0) is 16.1. The number of halogens is 1. The number of aryl methyl sites for hydroxylation is 1. The van der Waals surface area contributed by atoms with Crippen molar-refractivity contribution in [3.63, 3.8) is 0 Å². The Labute approximate surface area is 130 Å². The molecule has 1 aliphatic heterocycles. The molecule has 0 bridgehead atoms. The molecule has 0 radical (unpaired) electrons. The lowest BCUT2D eigenvalue weighted by atomic mass is 10.0. The van der Waals surface area contributed by atoms with E-state index in [9.17, 15) is 8.42 Å². The number of sulfone groups is 1. The molecule has 0 unspecified atom stereocenters. The van der Waals surface area contributed by atoms with Gasteiger partial charge in [-0.1, -0.05) is 18.2 Å². The highest BCUT2D eigenvalue weighted by molar-refractivity contribution is 7.90. The largest absolute Gasteiger partial charge is 0.342 e. The van der Waals surface area contributed by atoms with E-state index in [2.05, 4.69) is 11.7 Å². The van der Waals surface area contributed by atoms with Crippen molar-refractivity contribution >= 4 is 27.1 Å². The molecule has 0 N–H and O–H groups in total. The second-order valence-corrected chi connectivity index (χ2v) is 7.54. The van der Waals surface area contributed by atoms with Gasteiger partial charge in [-0.2, -0.15) is 5.10 Å². The van der Waals surface area contributed by atoms with Crippen molar-refractivity contribution in [3.05, 3.63) is 40.2 Å². The first-order valence-corrected chi connectivity index (χ1v) is 8.57. The lowest BCUT2D eigenvalue weighted by Crippen LogP contribution is -2.21. The molecule has 0 atom stereocenters. The van der Waals surface area contributed by atoms with E-state index in [1.54, 1.807) is 14.0 Å². The Bertz CT molecular complexity index is 800. The highest BCUT2D eigenvalue weighted by atomic mass is 35.5. The standard InChI is InChI=1S/C14H18ClN3O2S/c1-8-7-11(15)10(3)17(4)13(8)12-9(2)14(18(5)16-12)21(6,19)20/h7H,3H2,1-2,4-6H3. The third-order valence-corrected chi connectivity index (χ3v) is 5.13. The van der Waals surface area contributed by atoms with Gasteiger partial charge in [0.2, 0.25) is 0 Å². The Morgan fingerprint density at radius 2 is 1.86 bits per heavy atom. The molecule has 0 saturated heterocycles. The zero-order valence-electron chi connectivity index (χ0n) is 12.7. The molecule has 1 aromatic rings. The summed E-state index contributed by atoms with van der Waals surface area (Å²) in [7, 11) is 0.120. The van der Waals surface area contributed by atoms with Crippen molar-refractivity contribution in [2.45, 2.75) is 18.9 Å². The molecule has 0 saturated carbocycles. The lowest BCUT2D eigenvalue weighted by molar-refractivity contribution is 0.579. The van der Waals surface area contributed by atoms with Crippen LogP contribution in [0.5, 0.6) is 0 Å². The summed E-state index contributed by atoms with van der Waals surface area (Å²) in [6.45, 7) is 7.60. The number of aromatic nitrogens is 2. The van der Waals surface area contributed by atoms with Crippen LogP contribution in [0.25, 0.3) is 5.70 Å². The summed E-state index contributed by atoms with van der Waals surface area (Å²) in [5.41, 5.74) is 3.63. The quantitative estimate of drug-likeness (QED) is 0.837. The molecule has 21 heavy (non-hydrogen) atoms. The van der Waals surface area contributed by atoms with Crippen molar-refractivity contribution < 1.29 is 8.42 Å². The topological polar surface area (TPSA) is 55.2 Å². The first kappa shape index (κ1) is 15.9. The molecule has 0 aliphatic carbocycles. The number of hydrogen-bond donors (Lipinski definition) is 0. The van der Waals surface area contributed by atoms with Gasteiger partial charge in [-0.25, -0.2) is 8.42 Å². The van der Waals surface area contributed by atoms with Gasteiger partial charge in [0.25, 0.3) is 0 Å². The number of nitrogens with zero attached hydrogens (tertiary/aromatic N) is 3. The Morgan fingerprint density at radius 3 is 2.33 bits per heavy atom. The molecule has 2 heterocycles. The summed E-state index contributed by atoms with van der Waals surface area (Å²) in [5.74, 6) is 0. The maximum absolute atomic E-state index is 11.9. The van der Waals surface area contributed by atoms with Crippen LogP contribution in [0.2, 0.25) is 0 Å². The van der Waals surface area contributed by atoms with E-state index in [0.29, 0.717) is 22.0 Å². The second-order valence-electron chi connectivity index (χ2n) is 5.20. The highest BCUT2D eigenvalue weighted by Gasteiger charge is 2.27. The number of hydrogen-bond acceptors (Lipinski definition) is 4. The summed E-state index contributed by atoms with van der Waals surface area (Å²) >= 11 is 6.12. The van der Waals surface area contributed by atoms with Crippen molar-refractivity contribution in [1.82, 2.24) is 14.7 Å². The zero-order valence-corrected chi connectivity index (χ0v) is 14.3. The first-order valence-electron chi connectivity index (χ1n) is 6.30. The van der Waals surface area contributed by atoms with Gasteiger partial charge >= 0.3 is 0 Å². The Hall–Kier alpha value is -1.53. The maximum atomic E-state index is 11.9. The second kappa shape index (κ2) is 5.03. The Balaban J connectivity index is 2.75. The predicted molar refractivity (Wildman–Crippen MR) is 84.5 cm³/mol. The molecule has 0 spiro atoms. The van der Waals surface area contributed by atoms with Gasteiger partial charge < -0.3 is 4.90 Å². The van der Waals surface area contributed by atoms with Gasteiger partial charge in [0.05, 0.1) is 16.4 Å². The fourth-order valence-corrected chi connectivity index (χ4v) is 4.07. The lowest BCUT2D eigenvalue weighted by Gasteiger charge is -2.29. The molecule has 7 heteroatoms. The minimum absolute atomic E-state index is 0.220. The summed E-state index contributed by atoms with van der Waals surface area (Å²) in [5, 5.41) is 5.17. The van der Waals surface area contributed by atoms with Crippen LogP contribution in [0.1, 0.15) is 18.2 Å². The molecule has 1 aliphatic rings. The summed E-state index contributed by atoms with van der Waals surface area (Å²) in [4.78, 5) is 1.83. The van der Waals surface area contributed by atoms with E-state index >= 15 is 0 Å². The fraction of sp³-hybridized carbons (Fsp3) is 0.357. The van der Waals surface area contributed by atoms with Crippen LogP contribution in [-0.4, -0.2) is 36.4 Å². The van der Waals surface area contributed by atoms with Gasteiger partial charge in [-0.15, -0.1) is 0 Å². The van der Waals surface area contributed by atoms with E-state index in [1.165, 1.54) is 10.9 Å². The molecule has 5 nitrogen and oxygen atoms in total. The van der Waals surface area contributed by atoms with Gasteiger partial charge in [0.15, 0.2) is 14.9 Å². The van der Waals surface area contributed by atoms with Crippen LogP contribution in [-0.2, 0) is 16.9 Å². The van der Waals surface area contributed by atoms with Gasteiger partial charge in [-0.05, 0) is 25.5 Å². The third-order valence-electron chi connectivity index (χ3n) is 3.53. The SMILES string of the molecule is C=C1C(Cl)=CC(C)=C(c2nn(C)c(S(C)(=O)=O)c2C)N1C. The molecule has 114 valence electrons. The molecular formula is C14H18ClN3O2S. The van der Waals surface area contributed by atoms with Crippen LogP contribution in [0, 0.1) is 6.92 Å². The predicted octanol–water partition coefficient (Wildman–Crippen LogP) is 2.44. The maximum Gasteiger partial charge on any atom is 0.192 e. The van der Waals surface area contributed by atoms with Crippen molar-refractivity contribution in [2.75, 3.05) is 13.3 Å². The van der Waals surface area contributed by atoms with Crippen LogP contribution in [0.15, 0.2) is 34.0 Å². The third kappa shape index (κ3) is 2.53. The molecule has 0 fully saturated rings. The minimum Gasteiger partial charge on any atom is -0.342 e. The normalized spacial score (nSPS) is 16.6. The van der Waals surface area contributed by atoms with Gasteiger partial charge in [0.1, 0.15) is 5.69 Å². The average molecular weight is 328 g/mol. The van der Waals surface area contributed by atoms with Gasteiger partial charge in [0, 0.05) is 25.9 Å². The van der Waals surface area contributed by atoms with Crippen molar-refractivity contribution in [3.8, 4) is 0 Å². The van der Waals surface area contributed by atoms with Crippen molar-refractivity contribution in [1.29, 1.82) is 0 Å². The van der Waals surface area contributed by atoms with E-state index in [0.717, 1.165) is 11.3 Å².